The van der Waals surface area contributed by atoms with Gasteiger partial charge in [-0.05, 0) is 24.5 Å². The summed E-state index contributed by atoms with van der Waals surface area (Å²) in [4.78, 5) is 0. The second-order valence-corrected chi connectivity index (χ2v) is 3.30. The average Bonchev–Trinajstić information content (AvgIpc) is 2.69. The maximum absolute atomic E-state index is 5.42. The quantitative estimate of drug-likeness (QED) is 0.763. The molecule has 0 aromatic carbocycles. The normalized spacial score (nSPS) is 22.9. The van der Waals surface area contributed by atoms with E-state index in [4.69, 9.17) is 4.74 Å². The number of piperidine rings is 1. The van der Waals surface area contributed by atoms with E-state index in [1.807, 2.05) is 0 Å². The molecule has 1 aliphatic heterocycles. The van der Waals surface area contributed by atoms with E-state index < -0.39 is 0 Å². The van der Waals surface area contributed by atoms with Gasteiger partial charge in [-0.1, -0.05) is 6.42 Å². The highest BCUT2D eigenvalue weighted by atomic mass is 16.5. The Labute approximate surface area is 77.2 Å². The average molecular weight is 182 g/mol. The van der Waals surface area contributed by atoms with Gasteiger partial charge >= 0.3 is 0 Å². The van der Waals surface area contributed by atoms with Gasteiger partial charge in [-0.25, -0.2) is 0 Å². The summed E-state index contributed by atoms with van der Waals surface area (Å²) in [6.07, 6.45) is 5.28. The maximum atomic E-state index is 5.42. The van der Waals surface area contributed by atoms with Crippen LogP contribution < -0.4 is 10.1 Å². The van der Waals surface area contributed by atoms with Gasteiger partial charge in [-0.15, -0.1) is 0 Å². The van der Waals surface area contributed by atoms with Crippen molar-refractivity contribution in [2.45, 2.75) is 25.3 Å². The van der Waals surface area contributed by atoms with Crippen LogP contribution in [0.1, 0.15) is 19.3 Å². The second kappa shape index (κ2) is 4.28. The molecule has 1 aliphatic rings. The zero-order chi connectivity index (χ0) is 8.93. The van der Waals surface area contributed by atoms with Crippen molar-refractivity contribution in [3.8, 4) is 5.88 Å². The SMILES string of the molecule is c1cc(OCC2CCCCN2)no1. The Bertz CT molecular complexity index is 230. The van der Waals surface area contributed by atoms with Crippen molar-refractivity contribution in [1.82, 2.24) is 10.5 Å². The highest BCUT2D eigenvalue weighted by molar-refractivity contribution is 5.02. The highest BCUT2D eigenvalue weighted by Crippen LogP contribution is 2.10. The van der Waals surface area contributed by atoms with E-state index in [1.165, 1.54) is 25.5 Å². The molecule has 2 heterocycles. The third kappa shape index (κ3) is 2.45. The summed E-state index contributed by atoms with van der Waals surface area (Å²) in [5.74, 6) is 0.576. The third-order valence-electron chi connectivity index (χ3n) is 2.26. The fourth-order valence-electron chi connectivity index (χ4n) is 1.53. The number of hydrogen-bond donors (Lipinski definition) is 1. The lowest BCUT2D eigenvalue weighted by Crippen LogP contribution is -2.38. The summed E-state index contributed by atoms with van der Waals surface area (Å²) < 4.78 is 10.1. The maximum Gasteiger partial charge on any atom is 0.254 e. The molecule has 1 saturated heterocycles. The number of hydrogen-bond acceptors (Lipinski definition) is 4. The van der Waals surface area contributed by atoms with E-state index in [1.54, 1.807) is 6.07 Å². The number of aromatic nitrogens is 1. The monoisotopic (exact) mass is 182 g/mol. The number of ether oxygens (including phenoxy) is 1. The van der Waals surface area contributed by atoms with Crippen LogP contribution in [0, 0.1) is 0 Å². The minimum absolute atomic E-state index is 0.477. The van der Waals surface area contributed by atoms with Gasteiger partial charge in [0.1, 0.15) is 12.9 Å². The van der Waals surface area contributed by atoms with Gasteiger partial charge in [0.2, 0.25) is 0 Å². The highest BCUT2D eigenvalue weighted by Gasteiger charge is 2.13. The molecule has 1 N–H and O–H groups in total. The van der Waals surface area contributed by atoms with Crippen molar-refractivity contribution in [3.63, 3.8) is 0 Å². The molecule has 1 aromatic rings. The Morgan fingerprint density at radius 3 is 3.31 bits per heavy atom. The first-order valence-electron chi connectivity index (χ1n) is 4.72. The predicted molar refractivity (Wildman–Crippen MR) is 47.6 cm³/mol. The molecule has 1 fully saturated rings. The van der Waals surface area contributed by atoms with Crippen molar-refractivity contribution in [2.75, 3.05) is 13.2 Å². The van der Waals surface area contributed by atoms with Crippen LogP contribution in [0.25, 0.3) is 0 Å². The standard InChI is InChI=1S/C9H14N2O2/c1-2-5-10-8(3-1)7-12-9-4-6-13-11-9/h4,6,8,10H,1-3,5,7H2. The molecule has 72 valence electrons. The summed E-state index contributed by atoms with van der Waals surface area (Å²) in [5, 5.41) is 7.07. The molecule has 1 aromatic heterocycles. The largest absolute Gasteiger partial charge is 0.474 e. The van der Waals surface area contributed by atoms with Crippen LogP contribution in [0.4, 0.5) is 0 Å². The molecular weight excluding hydrogens is 168 g/mol. The molecule has 13 heavy (non-hydrogen) atoms. The molecular formula is C9H14N2O2. The number of nitrogens with zero attached hydrogens (tertiary/aromatic N) is 1. The van der Waals surface area contributed by atoms with Crippen LogP contribution in [0.15, 0.2) is 16.9 Å². The molecule has 2 rings (SSSR count). The van der Waals surface area contributed by atoms with Gasteiger partial charge in [0.15, 0.2) is 0 Å². The Hall–Kier alpha value is -1.03. The van der Waals surface area contributed by atoms with E-state index >= 15 is 0 Å². The van der Waals surface area contributed by atoms with E-state index in [0.717, 1.165) is 6.54 Å². The van der Waals surface area contributed by atoms with Crippen LogP contribution in [0.2, 0.25) is 0 Å². The summed E-state index contributed by atoms with van der Waals surface area (Å²) in [7, 11) is 0. The van der Waals surface area contributed by atoms with E-state index in [9.17, 15) is 0 Å². The molecule has 0 radical (unpaired) electrons. The van der Waals surface area contributed by atoms with Gasteiger partial charge in [-0.2, -0.15) is 0 Å². The summed E-state index contributed by atoms with van der Waals surface area (Å²) in [5.41, 5.74) is 0. The second-order valence-electron chi connectivity index (χ2n) is 3.30. The third-order valence-corrected chi connectivity index (χ3v) is 2.26. The van der Waals surface area contributed by atoms with Gasteiger partial charge in [0.05, 0.1) is 0 Å². The molecule has 1 atom stereocenters. The van der Waals surface area contributed by atoms with Crippen molar-refractivity contribution in [3.05, 3.63) is 12.3 Å². The molecule has 0 aliphatic carbocycles. The van der Waals surface area contributed by atoms with Crippen LogP contribution in [0.5, 0.6) is 5.88 Å². The first-order valence-corrected chi connectivity index (χ1v) is 4.72. The minimum atomic E-state index is 0.477. The lowest BCUT2D eigenvalue weighted by atomic mass is 10.1. The smallest absolute Gasteiger partial charge is 0.254 e. The van der Waals surface area contributed by atoms with E-state index in [-0.39, 0.29) is 0 Å². The van der Waals surface area contributed by atoms with Crippen molar-refractivity contribution in [1.29, 1.82) is 0 Å². The Morgan fingerprint density at radius 2 is 2.62 bits per heavy atom. The Kier molecular flexibility index (Phi) is 2.82. The van der Waals surface area contributed by atoms with Crippen LogP contribution in [-0.4, -0.2) is 24.4 Å². The van der Waals surface area contributed by atoms with Gasteiger partial charge in [-0.3, -0.25) is 0 Å². The van der Waals surface area contributed by atoms with Crippen LogP contribution in [-0.2, 0) is 0 Å². The minimum Gasteiger partial charge on any atom is -0.474 e. The zero-order valence-electron chi connectivity index (χ0n) is 7.53. The van der Waals surface area contributed by atoms with Crippen LogP contribution in [0.3, 0.4) is 0 Å². The molecule has 0 amide bonds. The first kappa shape index (κ1) is 8.56. The number of nitrogens with one attached hydrogen (secondary N) is 1. The van der Waals surface area contributed by atoms with Crippen molar-refractivity contribution >= 4 is 0 Å². The Balaban J connectivity index is 1.72. The molecule has 4 nitrogen and oxygen atoms in total. The molecule has 1 unspecified atom stereocenters. The van der Waals surface area contributed by atoms with E-state index in [2.05, 4.69) is 15.0 Å². The molecule has 0 spiro atoms. The predicted octanol–water partition coefficient (Wildman–Crippen LogP) is 1.20. The topological polar surface area (TPSA) is 47.3 Å². The lowest BCUT2D eigenvalue weighted by molar-refractivity contribution is 0.221. The van der Waals surface area contributed by atoms with Crippen molar-refractivity contribution < 1.29 is 9.26 Å². The van der Waals surface area contributed by atoms with E-state index in [0.29, 0.717) is 18.5 Å². The molecule has 4 heteroatoms. The van der Waals surface area contributed by atoms with Crippen LogP contribution >= 0.6 is 0 Å². The Morgan fingerprint density at radius 1 is 1.62 bits per heavy atom. The summed E-state index contributed by atoms with van der Waals surface area (Å²) in [6.45, 7) is 1.79. The van der Waals surface area contributed by atoms with Crippen molar-refractivity contribution in [2.24, 2.45) is 0 Å². The summed E-state index contributed by atoms with van der Waals surface area (Å²) >= 11 is 0. The fraction of sp³-hybridized carbons (Fsp3) is 0.667. The lowest BCUT2D eigenvalue weighted by Gasteiger charge is -2.22. The molecule has 0 saturated carbocycles. The molecule has 0 bridgehead atoms. The van der Waals surface area contributed by atoms with Gasteiger partial charge in [0, 0.05) is 12.1 Å². The zero-order valence-corrected chi connectivity index (χ0v) is 7.53. The van der Waals surface area contributed by atoms with Gasteiger partial charge < -0.3 is 14.6 Å². The first-order chi connectivity index (χ1) is 6.45. The number of rotatable bonds is 3. The van der Waals surface area contributed by atoms with Gasteiger partial charge in [0.25, 0.3) is 5.88 Å². The fourth-order valence-corrected chi connectivity index (χ4v) is 1.53. The summed E-state index contributed by atoms with van der Waals surface area (Å²) in [6, 6.07) is 2.20.